The zero-order chi connectivity index (χ0) is 23.5. The summed E-state index contributed by atoms with van der Waals surface area (Å²) in [6, 6.07) is 20.7. The third kappa shape index (κ3) is 4.29. The summed E-state index contributed by atoms with van der Waals surface area (Å²) >= 11 is 0. The Morgan fingerprint density at radius 1 is 0.970 bits per heavy atom. The monoisotopic (exact) mass is 444 g/mol. The van der Waals surface area contributed by atoms with Crippen LogP contribution < -0.4 is 16.6 Å². The Bertz CT molecular complexity index is 1460. The lowest BCUT2D eigenvalue weighted by Gasteiger charge is -2.17. The number of para-hydroxylation sites is 1. The number of benzene rings is 3. The van der Waals surface area contributed by atoms with Crippen molar-refractivity contribution in [3.05, 3.63) is 115 Å². The topological polar surface area (TPSA) is 116 Å². The fourth-order valence-corrected chi connectivity index (χ4v) is 3.68. The van der Waals surface area contributed by atoms with Crippen LogP contribution in [0.5, 0.6) is 0 Å². The van der Waals surface area contributed by atoms with Gasteiger partial charge in [0.2, 0.25) is 5.91 Å². The number of nitrogens with zero attached hydrogens (tertiary/aromatic N) is 3. The summed E-state index contributed by atoms with van der Waals surface area (Å²) in [7, 11) is 0. The van der Waals surface area contributed by atoms with Crippen molar-refractivity contribution in [2.45, 2.75) is 19.5 Å². The molecule has 3 aromatic carbocycles. The van der Waals surface area contributed by atoms with Gasteiger partial charge in [-0.3, -0.25) is 24.3 Å². The van der Waals surface area contributed by atoms with Crippen LogP contribution in [-0.4, -0.2) is 20.0 Å². The maximum Gasteiger partial charge on any atom is 0.336 e. The van der Waals surface area contributed by atoms with Crippen LogP contribution in [0.4, 0.5) is 5.69 Å². The molecule has 0 radical (unpaired) electrons. The number of nitro groups is 1. The first-order chi connectivity index (χ1) is 15.9. The molecule has 4 rings (SSSR count). The van der Waals surface area contributed by atoms with Gasteiger partial charge in [0.25, 0.3) is 11.2 Å². The van der Waals surface area contributed by atoms with Crippen LogP contribution in [0.15, 0.2) is 88.5 Å². The molecule has 0 bridgehead atoms. The number of amides is 1. The first kappa shape index (κ1) is 21.7. The zero-order valence-electron chi connectivity index (χ0n) is 17.7. The fourth-order valence-electron chi connectivity index (χ4n) is 3.68. The summed E-state index contributed by atoms with van der Waals surface area (Å²) in [4.78, 5) is 49.6. The fraction of sp³-hybridized carbons (Fsp3) is 0.125. The highest BCUT2D eigenvalue weighted by Crippen LogP contribution is 2.15. The first-order valence-electron chi connectivity index (χ1n) is 10.2. The van der Waals surface area contributed by atoms with Gasteiger partial charge in [-0.05, 0) is 36.8 Å². The predicted molar refractivity (Wildman–Crippen MR) is 123 cm³/mol. The van der Waals surface area contributed by atoms with Crippen molar-refractivity contribution in [1.82, 2.24) is 14.5 Å². The lowest BCUT2D eigenvalue weighted by molar-refractivity contribution is -0.384. The van der Waals surface area contributed by atoms with Crippen LogP contribution in [0.25, 0.3) is 16.6 Å². The highest BCUT2D eigenvalue weighted by molar-refractivity contribution is 5.82. The molecule has 1 N–H and O–H groups in total. The molecule has 0 aliphatic carbocycles. The highest BCUT2D eigenvalue weighted by Gasteiger charge is 2.18. The molecule has 0 unspecified atom stereocenters. The lowest BCUT2D eigenvalue weighted by Crippen LogP contribution is -2.42. The Labute approximate surface area is 187 Å². The van der Waals surface area contributed by atoms with Gasteiger partial charge in [0.15, 0.2) is 0 Å². The van der Waals surface area contributed by atoms with Crippen molar-refractivity contribution in [1.29, 1.82) is 0 Å². The Morgan fingerprint density at radius 2 is 1.61 bits per heavy atom. The number of aromatic nitrogens is 2. The van der Waals surface area contributed by atoms with Crippen molar-refractivity contribution < 1.29 is 9.72 Å². The molecule has 0 saturated carbocycles. The predicted octanol–water partition coefficient (Wildman–Crippen LogP) is 2.94. The van der Waals surface area contributed by atoms with E-state index in [2.05, 4.69) is 5.32 Å². The molecule has 1 aromatic heterocycles. The van der Waals surface area contributed by atoms with Gasteiger partial charge in [0.1, 0.15) is 6.54 Å². The molecule has 33 heavy (non-hydrogen) atoms. The number of hydrogen-bond acceptors (Lipinski definition) is 5. The Balaban J connectivity index is 1.76. The maximum absolute atomic E-state index is 13.3. The Hall–Kier alpha value is -4.53. The van der Waals surface area contributed by atoms with Crippen LogP contribution in [0, 0.1) is 10.1 Å². The molecule has 0 saturated heterocycles. The van der Waals surface area contributed by atoms with Gasteiger partial charge in [-0.1, -0.05) is 42.5 Å². The van der Waals surface area contributed by atoms with Gasteiger partial charge < -0.3 is 5.32 Å². The van der Waals surface area contributed by atoms with Crippen molar-refractivity contribution >= 4 is 22.5 Å². The van der Waals surface area contributed by atoms with E-state index in [0.29, 0.717) is 5.52 Å². The van der Waals surface area contributed by atoms with Crippen LogP contribution in [-0.2, 0) is 11.3 Å². The minimum atomic E-state index is -0.713. The smallest absolute Gasteiger partial charge is 0.336 e. The second-order valence-electron chi connectivity index (χ2n) is 7.50. The molecule has 1 heterocycles. The summed E-state index contributed by atoms with van der Waals surface area (Å²) in [5.74, 6) is -0.396. The van der Waals surface area contributed by atoms with E-state index in [4.69, 9.17) is 0 Å². The largest absolute Gasteiger partial charge is 0.348 e. The van der Waals surface area contributed by atoms with Crippen LogP contribution in [0.1, 0.15) is 18.5 Å². The van der Waals surface area contributed by atoms with Gasteiger partial charge in [-0.15, -0.1) is 0 Å². The van der Waals surface area contributed by atoms with E-state index in [1.807, 2.05) is 37.3 Å². The van der Waals surface area contributed by atoms with E-state index < -0.39 is 22.1 Å². The van der Waals surface area contributed by atoms with Crippen molar-refractivity contribution in [3.8, 4) is 5.69 Å². The summed E-state index contributed by atoms with van der Waals surface area (Å²) in [6.45, 7) is 1.54. The second kappa shape index (κ2) is 8.91. The van der Waals surface area contributed by atoms with E-state index in [1.165, 1.54) is 28.8 Å². The minimum Gasteiger partial charge on any atom is -0.348 e. The molecule has 9 nitrogen and oxygen atoms in total. The molecule has 166 valence electrons. The average Bonchev–Trinajstić information content (AvgIpc) is 2.82. The maximum atomic E-state index is 13.3. The van der Waals surface area contributed by atoms with Gasteiger partial charge in [0, 0.05) is 12.1 Å². The quantitative estimate of drug-likeness (QED) is 0.363. The number of hydrogen-bond donors (Lipinski definition) is 1. The third-order valence-corrected chi connectivity index (χ3v) is 5.35. The molecule has 9 heteroatoms. The summed E-state index contributed by atoms with van der Waals surface area (Å²) in [5.41, 5.74) is -0.0312. The molecule has 0 spiro atoms. The van der Waals surface area contributed by atoms with Crippen LogP contribution in [0.3, 0.4) is 0 Å². The number of carbonyl (C=O) groups is 1. The van der Waals surface area contributed by atoms with E-state index in [-0.39, 0.29) is 29.3 Å². The van der Waals surface area contributed by atoms with Crippen LogP contribution >= 0.6 is 0 Å². The molecule has 0 aliphatic rings. The third-order valence-electron chi connectivity index (χ3n) is 5.35. The average molecular weight is 444 g/mol. The van der Waals surface area contributed by atoms with Crippen LogP contribution in [0.2, 0.25) is 0 Å². The van der Waals surface area contributed by atoms with Gasteiger partial charge in [-0.2, -0.15) is 0 Å². The highest BCUT2D eigenvalue weighted by atomic mass is 16.6. The molecular weight excluding hydrogens is 424 g/mol. The number of rotatable bonds is 6. The molecular formula is C24H20N4O5. The van der Waals surface area contributed by atoms with E-state index in [0.717, 1.165) is 10.1 Å². The van der Waals surface area contributed by atoms with Crippen molar-refractivity contribution in [2.24, 2.45) is 0 Å². The second-order valence-corrected chi connectivity index (χ2v) is 7.50. The molecule has 1 amide bonds. The normalized spacial score (nSPS) is 11.8. The Morgan fingerprint density at radius 3 is 2.27 bits per heavy atom. The van der Waals surface area contributed by atoms with Crippen molar-refractivity contribution in [2.75, 3.05) is 0 Å². The van der Waals surface area contributed by atoms with Gasteiger partial charge in [-0.25, -0.2) is 9.36 Å². The first-order valence-corrected chi connectivity index (χ1v) is 10.2. The van der Waals surface area contributed by atoms with Gasteiger partial charge in [0.05, 0.1) is 27.6 Å². The molecule has 0 aliphatic heterocycles. The summed E-state index contributed by atoms with van der Waals surface area (Å²) in [6.07, 6.45) is 0. The number of non-ortho nitro benzene ring substituents is 1. The standard InChI is InChI=1S/C24H20N4O5/c1-16(17-7-3-2-4-8-17)25-22(29)15-26-21-10-6-5-9-20(21)23(30)27(24(26)31)18-11-13-19(14-12-18)28(32)33/h2-14,16H,15H2,1H3,(H,25,29)/t16-/m1/s1. The lowest BCUT2D eigenvalue weighted by atomic mass is 10.1. The molecule has 4 aromatic rings. The summed E-state index contributed by atoms with van der Waals surface area (Å²) in [5, 5.41) is 14.1. The number of nitrogens with one attached hydrogen (secondary N) is 1. The van der Waals surface area contributed by atoms with Gasteiger partial charge >= 0.3 is 5.69 Å². The van der Waals surface area contributed by atoms with E-state index >= 15 is 0 Å². The number of carbonyl (C=O) groups excluding carboxylic acids is 1. The molecule has 1 atom stereocenters. The minimum absolute atomic E-state index is 0.165. The Kier molecular flexibility index (Phi) is 5.86. The number of nitro benzene ring substituents is 1. The summed E-state index contributed by atoms with van der Waals surface area (Å²) < 4.78 is 2.14. The molecule has 0 fully saturated rings. The SMILES string of the molecule is C[C@@H](NC(=O)Cn1c(=O)n(-c2ccc([N+](=O)[O-])cc2)c(=O)c2ccccc21)c1ccccc1. The van der Waals surface area contributed by atoms with E-state index in [1.54, 1.807) is 24.3 Å². The number of fused-ring (bicyclic) bond motifs is 1. The zero-order valence-corrected chi connectivity index (χ0v) is 17.7. The van der Waals surface area contributed by atoms with E-state index in [9.17, 15) is 24.5 Å². The van der Waals surface area contributed by atoms with Crippen molar-refractivity contribution in [3.63, 3.8) is 0 Å².